The molecule has 0 aliphatic carbocycles. The van der Waals surface area contributed by atoms with Crippen molar-refractivity contribution in [3.8, 4) is 11.5 Å². The fourth-order valence-corrected chi connectivity index (χ4v) is 1.76. The summed E-state index contributed by atoms with van der Waals surface area (Å²) in [5, 5.41) is 19.3. The predicted molar refractivity (Wildman–Crippen MR) is 73.5 cm³/mol. The van der Waals surface area contributed by atoms with Crippen LogP contribution in [0.2, 0.25) is 5.02 Å². The third-order valence-electron chi connectivity index (χ3n) is 2.56. The van der Waals surface area contributed by atoms with Gasteiger partial charge in [0.1, 0.15) is 11.5 Å². The van der Waals surface area contributed by atoms with E-state index in [1.165, 1.54) is 12.1 Å². The maximum atomic E-state index is 12.0. The van der Waals surface area contributed by atoms with Crippen LogP contribution in [0.15, 0.2) is 42.5 Å². The van der Waals surface area contributed by atoms with Crippen molar-refractivity contribution < 1.29 is 17.9 Å². The second kappa shape index (κ2) is 5.10. The first-order valence-electron chi connectivity index (χ1n) is 5.36. The summed E-state index contributed by atoms with van der Waals surface area (Å²) in [6.07, 6.45) is 0.176. The molecule has 2 aromatic rings. The summed E-state index contributed by atoms with van der Waals surface area (Å²) < 4.78 is 0. The van der Waals surface area contributed by atoms with E-state index >= 15 is 0 Å². The first-order valence-corrected chi connectivity index (χ1v) is 5.73. The Bertz CT molecular complexity index is 585. The Morgan fingerprint density at radius 3 is 2.39 bits per heavy atom. The van der Waals surface area contributed by atoms with Gasteiger partial charge in [-0.2, -0.15) is 0 Å². The van der Waals surface area contributed by atoms with Crippen LogP contribution in [-0.4, -0.2) is 16.0 Å². The van der Waals surface area contributed by atoms with Crippen LogP contribution in [0.5, 0.6) is 11.5 Å². The van der Waals surface area contributed by atoms with Gasteiger partial charge in [-0.05, 0) is 29.8 Å². The first-order chi connectivity index (χ1) is 8.56. The van der Waals surface area contributed by atoms with E-state index in [0.29, 0.717) is 5.02 Å². The Hall–Kier alpha value is -2.00. The molecule has 0 spiro atoms. The van der Waals surface area contributed by atoms with Crippen molar-refractivity contribution in [3.63, 3.8) is 0 Å². The van der Waals surface area contributed by atoms with Gasteiger partial charge in [-0.1, -0.05) is 23.7 Å². The van der Waals surface area contributed by atoms with Gasteiger partial charge in [0.2, 0.25) is 0 Å². The van der Waals surface area contributed by atoms with Crippen molar-refractivity contribution in [1.82, 2.24) is 0 Å². The van der Waals surface area contributed by atoms with E-state index < -0.39 is 0 Å². The van der Waals surface area contributed by atoms with Gasteiger partial charge in [0, 0.05) is 20.4 Å². The quantitative estimate of drug-likeness (QED) is 0.834. The van der Waals surface area contributed by atoms with Crippen molar-refractivity contribution in [3.05, 3.63) is 58.6 Å². The number of carbonyl (C=O) groups is 1. The lowest BCUT2D eigenvalue weighted by molar-refractivity contribution is 0.0990. The molecule has 0 atom stereocenters. The lowest BCUT2D eigenvalue weighted by Crippen LogP contribution is -2.03. The summed E-state index contributed by atoms with van der Waals surface area (Å²) in [4.78, 5) is 12.0. The Morgan fingerprint density at radius 1 is 1.11 bits per heavy atom. The molecule has 2 N–H and O–H groups in total. The highest BCUT2D eigenvalue weighted by molar-refractivity contribution is 6.30. The normalized spacial score (nSPS) is 10.3. The third-order valence-corrected chi connectivity index (χ3v) is 2.81. The van der Waals surface area contributed by atoms with Gasteiger partial charge in [-0.15, -0.1) is 0 Å². The number of aromatic hydroxyl groups is 2. The van der Waals surface area contributed by atoms with Crippen LogP contribution in [-0.2, 0) is 6.42 Å². The summed E-state index contributed by atoms with van der Waals surface area (Å²) in [6, 6.07) is 10.9. The van der Waals surface area contributed by atoms with Crippen molar-refractivity contribution in [2.45, 2.75) is 6.42 Å². The molecule has 0 unspecified atom stereocenters. The number of ketones is 1. The van der Waals surface area contributed by atoms with Gasteiger partial charge >= 0.3 is 0 Å². The largest absolute Gasteiger partial charge is 0.508 e. The van der Waals surface area contributed by atoms with Crippen molar-refractivity contribution >= 4 is 17.4 Å². The second-order valence-electron chi connectivity index (χ2n) is 3.93. The van der Waals surface area contributed by atoms with Gasteiger partial charge in [-0.3, -0.25) is 4.79 Å². The highest BCUT2D eigenvalue weighted by Crippen LogP contribution is 2.24. The van der Waals surface area contributed by atoms with E-state index in [9.17, 15) is 9.90 Å². The number of Topliss-reactive ketones (excluding diaryl/α,β-unsaturated/α-hetero) is 1. The van der Waals surface area contributed by atoms with Crippen LogP contribution < -0.4 is 0 Å². The molecule has 0 amide bonds. The standard InChI is InChI=1S/C14H11ClO3.2H2/c15-10-3-1-9(2-4-10)7-13(17)12-6-5-11(16)8-14(12)18;;/h1-6,8,16,18H,7H2;2*1H. The molecule has 4 heteroatoms. The average Bonchev–Trinajstić information content (AvgIpc) is 2.32. The molecule has 0 saturated heterocycles. The molecule has 0 bridgehead atoms. The lowest BCUT2D eigenvalue weighted by Gasteiger charge is -2.04. The molecule has 0 aliphatic heterocycles. The second-order valence-corrected chi connectivity index (χ2v) is 4.36. The number of carbonyl (C=O) groups excluding carboxylic acids is 1. The van der Waals surface area contributed by atoms with Crippen LogP contribution in [0.1, 0.15) is 18.8 Å². The summed E-state index contributed by atoms with van der Waals surface area (Å²) >= 11 is 5.76. The molecule has 0 aliphatic rings. The van der Waals surface area contributed by atoms with Crippen LogP contribution in [0.3, 0.4) is 0 Å². The monoisotopic (exact) mass is 266 g/mol. The van der Waals surface area contributed by atoms with E-state index in [1.807, 2.05) is 0 Å². The fraction of sp³-hybridized carbons (Fsp3) is 0.0714. The fourth-order valence-electron chi connectivity index (χ4n) is 1.64. The van der Waals surface area contributed by atoms with Crippen LogP contribution in [0.4, 0.5) is 0 Å². The minimum absolute atomic E-state index is 0. The Labute approximate surface area is 112 Å². The van der Waals surface area contributed by atoms with E-state index in [0.717, 1.165) is 11.6 Å². The highest BCUT2D eigenvalue weighted by Gasteiger charge is 2.12. The minimum Gasteiger partial charge on any atom is -0.508 e. The first kappa shape index (κ1) is 12.5. The Balaban J connectivity index is 0.00000180. The average molecular weight is 267 g/mol. The number of rotatable bonds is 3. The zero-order valence-electron chi connectivity index (χ0n) is 9.43. The number of halogens is 1. The smallest absolute Gasteiger partial charge is 0.170 e. The molecular formula is C14H15ClO3. The van der Waals surface area contributed by atoms with Gasteiger partial charge in [0.25, 0.3) is 0 Å². The summed E-state index contributed by atoms with van der Waals surface area (Å²) in [5.41, 5.74) is 1.01. The summed E-state index contributed by atoms with van der Waals surface area (Å²) in [7, 11) is 0. The Kier molecular flexibility index (Phi) is 3.53. The molecule has 0 saturated carbocycles. The van der Waals surface area contributed by atoms with Crippen LogP contribution in [0.25, 0.3) is 0 Å². The predicted octanol–water partition coefficient (Wildman–Crippen LogP) is 3.67. The molecule has 2 aromatic carbocycles. The molecule has 96 valence electrons. The molecular weight excluding hydrogens is 252 g/mol. The molecule has 18 heavy (non-hydrogen) atoms. The minimum atomic E-state index is -0.214. The van der Waals surface area contributed by atoms with Crippen LogP contribution in [0, 0.1) is 0 Å². The molecule has 0 aromatic heterocycles. The van der Waals surface area contributed by atoms with Gasteiger partial charge < -0.3 is 10.2 Å². The summed E-state index contributed by atoms with van der Waals surface area (Å²) in [5.74, 6) is -0.501. The van der Waals surface area contributed by atoms with E-state index in [1.54, 1.807) is 24.3 Å². The topological polar surface area (TPSA) is 57.5 Å². The maximum Gasteiger partial charge on any atom is 0.170 e. The zero-order chi connectivity index (χ0) is 13.1. The summed E-state index contributed by atoms with van der Waals surface area (Å²) in [6.45, 7) is 0. The van der Waals surface area contributed by atoms with Crippen molar-refractivity contribution in [2.24, 2.45) is 0 Å². The SMILES string of the molecule is O=C(Cc1ccc(Cl)cc1)c1ccc(O)cc1O.[HH].[HH]. The third kappa shape index (κ3) is 2.81. The maximum absolute atomic E-state index is 12.0. The molecule has 3 nitrogen and oxygen atoms in total. The number of hydrogen-bond donors (Lipinski definition) is 2. The van der Waals surface area contributed by atoms with Crippen LogP contribution >= 0.6 is 11.6 Å². The van der Waals surface area contributed by atoms with Crippen molar-refractivity contribution in [1.29, 1.82) is 0 Å². The van der Waals surface area contributed by atoms with E-state index in [4.69, 9.17) is 16.7 Å². The molecule has 0 fully saturated rings. The van der Waals surface area contributed by atoms with E-state index in [-0.39, 0.29) is 32.1 Å². The number of phenols is 2. The van der Waals surface area contributed by atoms with Gasteiger partial charge in [-0.25, -0.2) is 0 Å². The van der Waals surface area contributed by atoms with E-state index in [2.05, 4.69) is 0 Å². The number of hydrogen-bond acceptors (Lipinski definition) is 3. The number of phenolic OH excluding ortho intramolecular Hbond substituents is 2. The molecule has 2 rings (SSSR count). The Morgan fingerprint density at radius 2 is 1.78 bits per heavy atom. The highest BCUT2D eigenvalue weighted by atomic mass is 35.5. The van der Waals surface area contributed by atoms with Gasteiger partial charge in [0.15, 0.2) is 5.78 Å². The number of benzene rings is 2. The zero-order valence-corrected chi connectivity index (χ0v) is 10.2. The lowest BCUT2D eigenvalue weighted by atomic mass is 10.0. The van der Waals surface area contributed by atoms with Gasteiger partial charge in [0.05, 0.1) is 5.56 Å². The molecule has 0 radical (unpaired) electrons. The molecule has 0 heterocycles. The van der Waals surface area contributed by atoms with Crippen molar-refractivity contribution in [2.75, 3.05) is 0 Å².